The fraction of sp³-hybridized carbons (Fsp3) is 0.462. The maximum absolute atomic E-state index is 14.0. The van der Waals surface area contributed by atoms with E-state index >= 15 is 0 Å². The van der Waals surface area contributed by atoms with Crippen molar-refractivity contribution >= 4 is 11.9 Å². The van der Waals surface area contributed by atoms with Crippen LogP contribution in [0.3, 0.4) is 0 Å². The number of rotatable bonds is 5. The number of halogens is 2. The number of carbonyl (C=O) groups excluding carboxylic acids is 1. The number of ether oxygens (including phenoxy) is 2. The summed E-state index contributed by atoms with van der Waals surface area (Å²) < 4.78 is 37.9. The Morgan fingerprint density at radius 2 is 2.33 bits per heavy atom. The Kier molecular flexibility index (Phi) is 5.26. The maximum Gasteiger partial charge on any atom is 0.413 e. The largest absolute Gasteiger partial charge is 0.445 e. The highest BCUT2D eigenvalue weighted by molar-refractivity contribution is 5.83. The highest BCUT2D eigenvalue weighted by Gasteiger charge is 2.59. The van der Waals surface area contributed by atoms with Crippen molar-refractivity contribution in [2.75, 3.05) is 18.5 Å². The molecule has 132 valence electrons. The minimum atomic E-state index is -3.81. The zero-order valence-electron chi connectivity index (χ0n) is 12.3. The van der Waals surface area contributed by atoms with Crippen molar-refractivity contribution < 1.29 is 33.3 Å². The van der Waals surface area contributed by atoms with Crippen molar-refractivity contribution in [1.82, 2.24) is 9.55 Å². The molecule has 2 rings (SSSR count). The summed E-state index contributed by atoms with van der Waals surface area (Å²) in [6.07, 6.45) is -4.60. The molecule has 0 aliphatic carbocycles. The number of hydrogen-bond acceptors (Lipinski definition) is 7. The van der Waals surface area contributed by atoms with Crippen molar-refractivity contribution in [3.05, 3.63) is 35.4 Å². The molecule has 0 bridgehead atoms. The van der Waals surface area contributed by atoms with E-state index in [9.17, 15) is 23.5 Å². The Morgan fingerprint density at radius 3 is 2.88 bits per heavy atom. The SMILES string of the molecule is C=CCOC(=O)Nc1ccn([C@@H]2OC(CO)[C@@H](O)C2(F)F)c(=O)n1. The molecule has 9 nitrogen and oxygen atoms in total. The number of amides is 1. The van der Waals surface area contributed by atoms with Crippen LogP contribution < -0.4 is 11.0 Å². The first-order valence-electron chi connectivity index (χ1n) is 6.77. The molecule has 1 amide bonds. The zero-order valence-corrected chi connectivity index (χ0v) is 12.3. The molecular weight excluding hydrogens is 332 g/mol. The van der Waals surface area contributed by atoms with Crippen LogP contribution in [0.4, 0.5) is 19.4 Å². The predicted octanol–water partition coefficient (Wildman–Crippen LogP) is -0.136. The second-order valence-corrected chi connectivity index (χ2v) is 4.84. The van der Waals surface area contributed by atoms with Crippen molar-refractivity contribution in [1.29, 1.82) is 0 Å². The minimum absolute atomic E-state index is 0.0640. The number of carbonyl (C=O) groups is 1. The molecule has 1 aromatic heterocycles. The summed E-state index contributed by atoms with van der Waals surface area (Å²) in [5, 5.41) is 20.5. The normalized spacial score (nSPS) is 25.2. The number of aromatic nitrogens is 2. The van der Waals surface area contributed by atoms with Crippen molar-refractivity contribution in [3.8, 4) is 0 Å². The Balaban J connectivity index is 2.20. The molecule has 11 heteroatoms. The molecule has 1 aromatic rings. The van der Waals surface area contributed by atoms with Gasteiger partial charge in [0, 0.05) is 6.20 Å². The standard InChI is InChI=1S/C13H15F2N3O6/c1-2-5-23-12(22)17-8-3-4-18(11(21)16-8)10-13(14,15)9(20)7(6-19)24-10/h2-4,7,9-10,19-20H,1,5-6H2,(H,16,17,21,22)/t7?,9-,10-/m1/s1. The Bertz CT molecular complexity index is 680. The highest BCUT2D eigenvalue weighted by atomic mass is 19.3. The van der Waals surface area contributed by atoms with Crippen LogP contribution in [0.5, 0.6) is 0 Å². The molecule has 1 aliphatic heterocycles. The summed E-state index contributed by atoms with van der Waals surface area (Å²) in [5.41, 5.74) is -1.15. The lowest BCUT2D eigenvalue weighted by Crippen LogP contribution is -2.41. The van der Waals surface area contributed by atoms with Gasteiger partial charge >= 0.3 is 17.7 Å². The third-order valence-corrected chi connectivity index (χ3v) is 3.20. The summed E-state index contributed by atoms with van der Waals surface area (Å²) in [5.74, 6) is -4.03. The lowest BCUT2D eigenvalue weighted by molar-refractivity contribution is -0.140. The van der Waals surface area contributed by atoms with Crippen LogP contribution >= 0.6 is 0 Å². The van der Waals surface area contributed by atoms with Crippen LogP contribution in [0.2, 0.25) is 0 Å². The van der Waals surface area contributed by atoms with Gasteiger partial charge in [0.15, 0.2) is 6.10 Å². The predicted molar refractivity (Wildman–Crippen MR) is 75.6 cm³/mol. The summed E-state index contributed by atoms with van der Waals surface area (Å²) in [6, 6.07) is 1.08. The minimum Gasteiger partial charge on any atom is -0.445 e. The third-order valence-electron chi connectivity index (χ3n) is 3.20. The van der Waals surface area contributed by atoms with Gasteiger partial charge in [-0.15, -0.1) is 0 Å². The average molecular weight is 347 g/mol. The smallest absolute Gasteiger partial charge is 0.413 e. The molecule has 1 saturated heterocycles. The quantitative estimate of drug-likeness (QED) is 0.634. The molecule has 1 fully saturated rings. The third kappa shape index (κ3) is 3.42. The zero-order chi connectivity index (χ0) is 17.9. The highest BCUT2D eigenvalue weighted by Crippen LogP contribution is 2.41. The van der Waals surface area contributed by atoms with Gasteiger partial charge in [-0.1, -0.05) is 12.7 Å². The van der Waals surface area contributed by atoms with Gasteiger partial charge in [-0.25, -0.2) is 9.59 Å². The lowest BCUT2D eigenvalue weighted by Gasteiger charge is -2.21. The fourth-order valence-corrected chi connectivity index (χ4v) is 2.05. The van der Waals surface area contributed by atoms with Gasteiger partial charge in [-0.05, 0) is 6.07 Å². The maximum atomic E-state index is 14.0. The first-order chi connectivity index (χ1) is 11.3. The van der Waals surface area contributed by atoms with E-state index in [0.717, 1.165) is 12.3 Å². The topological polar surface area (TPSA) is 123 Å². The summed E-state index contributed by atoms with van der Waals surface area (Å²) >= 11 is 0. The van der Waals surface area contributed by atoms with E-state index in [2.05, 4.69) is 21.6 Å². The Hall–Kier alpha value is -2.37. The molecule has 0 aromatic carbocycles. The molecule has 2 heterocycles. The molecule has 1 aliphatic rings. The summed E-state index contributed by atoms with van der Waals surface area (Å²) in [4.78, 5) is 26.6. The van der Waals surface area contributed by atoms with Crippen molar-refractivity contribution in [2.45, 2.75) is 24.4 Å². The molecule has 0 saturated carbocycles. The second kappa shape index (κ2) is 7.03. The number of aliphatic hydroxyl groups is 2. The van der Waals surface area contributed by atoms with Gasteiger partial charge in [-0.2, -0.15) is 13.8 Å². The van der Waals surface area contributed by atoms with Crippen LogP contribution in [0.1, 0.15) is 6.23 Å². The van der Waals surface area contributed by atoms with E-state index in [0.29, 0.717) is 4.57 Å². The number of hydrogen-bond donors (Lipinski definition) is 3. The molecule has 1 unspecified atom stereocenters. The first kappa shape index (κ1) is 18.0. The number of nitrogens with zero attached hydrogens (tertiary/aromatic N) is 2. The van der Waals surface area contributed by atoms with Gasteiger partial charge in [-0.3, -0.25) is 9.88 Å². The number of aliphatic hydroxyl groups excluding tert-OH is 2. The molecule has 3 atom stereocenters. The fourth-order valence-electron chi connectivity index (χ4n) is 2.05. The van der Waals surface area contributed by atoms with Crippen LogP contribution in [0.15, 0.2) is 29.7 Å². The first-order valence-corrected chi connectivity index (χ1v) is 6.77. The van der Waals surface area contributed by atoms with Crippen molar-refractivity contribution in [2.24, 2.45) is 0 Å². The lowest BCUT2D eigenvalue weighted by atomic mass is 10.1. The van der Waals surface area contributed by atoms with Gasteiger partial charge < -0.3 is 19.7 Å². The molecule has 0 radical (unpaired) electrons. The average Bonchev–Trinajstić information content (AvgIpc) is 2.76. The second-order valence-electron chi connectivity index (χ2n) is 4.84. The van der Waals surface area contributed by atoms with Crippen LogP contribution in [-0.4, -0.2) is 57.2 Å². The number of anilines is 1. The summed E-state index contributed by atoms with van der Waals surface area (Å²) in [7, 11) is 0. The van der Waals surface area contributed by atoms with Gasteiger partial charge in [0.05, 0.1) is 6.61 Å². The Morgan fingerprint density at radius 1 is 1.62 bits per heavy atom. The van der Waals surface area contributed by atoms with Gasteiger partial charge in [0.2, 0.25) is 6.23 Å². The number of alkyl halides is 2. The molecule has 24 heavy (non-hydrogen) atoms. The molecule has 0 spiro atoms. The van der Waals surface area contributed by atoms with Crippen LogP contribution in [0.25, 0.3) is 0 Å². The monoisotopic (exact) mass is 347 g/mol. The van der Waals surface area contributed by atoms with E-state index in [-0.39, 0.29) is 12.4 Å². The van der Waals surface area contributed by atoms with E-state index < -0.39 is 42.7 Å². The van der Waals surface area contributed by atoms with Gasteiger partial charge in [0.1, 0.15) is 18.5 Å². The van der Waals surface area contributed by atoms with Crippen LogP contribution in [-0.2, 0) is 9.47 Å². The van der Waals surface area contributed by atoms with Crippen molar-refractivity contribution in [3.63, 3.8) is 0 Å². The van der Waals surface area contributed by atoms with E-state index in [1.54, 1.807) is 0 Å². The molecule has 3 N–H and O–H groups in total. The molecular formula is C13H15F2N3O6. The summed E-state index contributed by atoms with van der Waals surface area (Å²) in [6.45, 7) is 2.44. The van der Waals surface area contributed by atoms with E-state index in [4.69, 9.17) is 9.84 Å². The number of nitrogens with one attached hydrogen (secondary N) is 1. The van der Waals surface area contributed by atoms with Gasteiger partial charge in [0.25, 0.3) is 0 Å². The Labute approximate surface area is 134 Å². The van der Waals surface area contributed by atoms with Crippen LogP contribution in [0, 0.1) is 0 Å². The van der Waals surface area contributed by atoms with E-state index in [1.165, 1.54) is 6.08 Å². The van der Waals surface area contributed by atoms with E-state index in [1.807, 2.05) is 0 Å².